The summed E-state index contributed by atoms with van der Waals surface area (Å²) in [5, 5.41) is 2.87. The number of benzene rings is 2. The van der Waals surface area contributed by atoms with Crippen LogP contribution in [0.1, 0.15) is 45.2 Å². The van der Waals surface area contributed by atoms with Crippen LogP contribution in [0.3, 0.4) is 0 Å². The largest absolute Gasteiger partial charge is 0.491 e. The summed E-state index contributed by atoms with van der Waals surface area (Å²) in [7, 11) is 0. The summed E-state index contributed by atoms with van der Waals surface area (Å²) in [4.78, 5) is 27.5. The Morgan fingerprint density at radius 1 is 1.17 bits per heavy atom. The van der Waals surface area contributed by atoms with Gasteiger partial charge in [-0.15, -0.1) is 0 Å². The van der Waals surface area contributed by atoms with Gasteiger partial charge in [0.1, 0.15) is 11.4 Å². The summed E-state index contributed by atoms with van der Waals surface area (Å²) in [6.45, 7) is 6.54. The Balaban J connectivity index is 1.85. The van der Waals surface area contributed by atoms with Crippen LogP contribution in [0.25, 0.3) is 0 Å². The van der Waals surface area contributed by atoms with Crippen molar-refractivity contribution in [2.75, 3.05) is 18.1 Å². The van der Waals surface area contributed by atoms with Crippen molar-refractivity contribution < 1.29 is 19.1 Å². The second-order valence-electron chi connectivity index (χ2n) is 8.14. The maximum atomic E-state index is 13.3. The third-order valence-electron chi connectivity index (χ3n) is 4.59. The van der Waals surface area contributed by atoms with E-state index < -0.39 is 17.7 Å². The number of carbonyl (C=O) groups excluding carboxylic acids is 2. The Hall–Kier alpha value is -2.54. The van der Waals surface area contributed by atoms with Crippen molar-refractivity contribution in [3.63, 3.8) is 0 Å². The van der Waals surface area contributed by atoms with Crippen molar-refractivity contribution in [1.29, 1.82) is 0 Å². The van der Waals surface area contributed by atoms with Gasteiger partial charge in [-0.25, -0.2) is 4.79 Å². The highest BCUT2D eigenvalue weighted by Crippen LogP contribution is 2.33. The van der Waals surface area contributed by atoms with Crippen molar-refractivity contribution in [2.45, 2.75) is 45.3 Å². The van der Waals surface area contributed by atoms with Crippen LogP contribution in [0.2, 0.25) is 0 Å². The minimum absolute atomic E-state index is 0.0928. The summed E-state index contributed by atoms with van der Waals surface area (Å²) in [5.74, 6) is 0.602. The van der Waals surface area contributed by atoms with Gasteiger partial charge in [0.25, 0.3) is 0 Å². The number of hydrogen-bond donors (Lipinski definition) is 1. The fourth-order valence-corrected chi connectivity index (χ4v) is 3.88. The lowest BCUT2D eigenvalue weighted by atomic mass is 10.0. The quantitative estimate of drug-likeness (QED) is 0.659. The number of nitrogens with zero attached hydrogens (tertiary/aromatic N) is 1. The van der Waals surface area contributed by atoms with E-state index in [1.807, 2.05) is 48.5 Å². The third-order valence-corrected chi connectivity index (χ3v) is 5.31. The van der Waals surface area contributed by atoms with Crippen LogP contribution in [-0.2, 0) is 9.53 Å². The maximum absolute atomic E-state index is 13.3. The summed E-state index contributed by atoms with van der Waals surface area (Å²) < 4.78 is 12.0. The van der Waals surface area contributed by atoms with Crippen LogP contribution in [0.15, 0.2) is 53.0 Å². The number of rotatable bonds is 4. The number of amides is 2. The molecule has 7 heteroatoms. The summed E-state index contributed by atoms with van der Waals surface area (Å²) in [5.41, 5.74) is 0.937. The SMILES string of the molecule is CC(C)(C)OC(=O)N[C@@H](CC(=O)N1CCCOc2ccccc21)c1ccccc1Br. The van der Waals surface area contributed by atoms with E-state index in [0.717, 1.165) is 22.1 Å². The lowest BCUT2D eigenvalue weighted by molar-refractivity contribution is -0.119. The van der Waals surface area contributed by atoms with E-state index in [4.69, 9.17) is 9.47 Å². The molecular weight excluding hydrogens is 448 g/mol. The van der Waals surface area contributed by atoms with Gasteiger partial charge in [-0.2, -0.15) is 0 Å². The summed E-state index contributed by atoms with van der Waals surface area (Å²) in [6.07, 6.45) is 0.270. The molecule has 3 rings (SSSR count). The molecule has 0 unspecified atom stereocenters. The van der Waals surface area contributed by atoms with Crippen molar-refractivity contribution in [2.24, 2.45) is 0 Å². The van der Waals surface area contributed by atoms with E-state index in [9.17, 15) is 9.59 Å². The molecule has 1 atom stereocenters. The topological polar surface area (TPSA) is 67.9 Å². The molecule has 0 saturated heterocycles. The van der Waals surface area contributed by atoms with Crippen LogP contribution < -0.4 is 15.0 Å². The number of ether oxygens (including phenoxy) is 2. The zero-order valence-corrected chi connectivity index (χ0v) is 19.1. The first-order valence-electron chi connectivity index (χ1n) is 10.0. The molecule has 0 aliphatic carbocycles. The fraction of sp³-hybridized carbons (Fsp3) is 0.391. The van der Waals surface area contributed by atoms with Gasteiger partial charge in [0.05, 0.1) is 24.8 Å². The molecular formula is C23H27BrN2O4. The number of fused-ring (bicyclic) bond motifs is 1. The number of alkyl carbamates (subject to hydrolysis) is 1. The average Bonchev–Trinajstić information content (AvgIpc) is 2.89. The minimum Gasteiger partial charge on any atom is -0.491 e. The molecule has 0 bridgehead atoms. The zero-order chi connectivity index (χ0) is 21.7. The molecule has 6 nitrogen and oxygen atoms in total. The van der Waals surface area contributed by atoms with Gasteiger partial charge >= 0.3 is 6.09 Å². The molecule has 1 aliphatic heterocycles. The molecule has 0 fully saturated rings. The van der Waals surface area contributed by atoms with E-state index in [1.165, 1.54) is 0 Å². The lowest BCUT2D eigenvalue weighted by Gasteiger charge is -2.27. The van der Waals surface area contributed by atoms with Crippen LogP contribution in [0, 0.1) is 0 Å². The normalized spacial score (nSPS) is 14.7. The van der Waals surface area contributed by atoms with Gasteiger partial charge in [0.2, 0.25) is 5.91 Å². The molecule has 0 saturated carbocycles. The fourth-order valence-electron chi connectivity index (χ4n) is 3.32. The number of anilines is 1. The van der Waals surface area contributed by atoms with Gasteiger partial charge in [0.15, 0.2) is 0 Å². The first kappa shape index (κ1) is 22.2. The van der Waals surface area contributed by atoms with Crippen LogP contribution in [0.4, 0.5) is 10.5 Å². The molecule has 1 heterocycles. The van der Waals surface area contributed by atoms with Gasteiger partial charge in [-0.05, 0) is 51.0 Å². The van der Waals surface area contributed by atoms with Crippen molar-refractivity contribution in [3.05, 3.63) is 58.6 Å². The predicted octanol–water partition coefficient (Wildman–Crippen LogP) is 5.22. The first-order valence-corrected chi connectivity index (χ1v) is 10.8. The van der Waals surface area contributed by atoms with Crippen molar-refractivity contribution in [3.8, 4) is 5.75 Å². The Bertz CT molecular complexity index is 910. The second-order valence-corrected chi connectivity index (χ2v) is 8.99. The molecule has 2 aromatic rings. The molecule has 0 radical (unpaired) electrons. The van der Waals surface area contributed by atoms with Gasteiger partial charge in [0, 0.05) is 11.0 Å². The molecule has 1 N–H and O–H groups in total. The van der Waals surface area contributed by atoms with E-state index in [1.54, 1.807) is 25.7 Å². The first-order chi connectivity index (χ1) is 14.2. The smallest absolute Gasteiger partial charge is 0.408 e. The monoisotopic (exact) mass is 474 g/mol. The van der Waals surface area contributed by atoms with Crippen LogP contribution in [0.5, 0.6) is 5.75 Å². The molecule has 2 amide bonds. The number of para-hydroxylation sites is 2. The Kier molecular flexibility index (Phi) is 7.02. The van der Waals surface area contributed by atoms with E-state index in [-0.39, 0.29) is 12.3 Å². The molecule has 0 aromatic heterocycles. The van der Waals surface area contributed by atoms with Gasteiger partial charge in [-0.3, -0.25) is 4.79 Å². The van der Waals surface area contributed by atoms with Gasteiger partial charge in [-0.1, -0.05) is 46.3 Å². The molecule has 1 aliphatic rings. The standard InChI is InChI=1S/C23H27BrN2O4/c1-23(2,3)30-22(28)25-18(16-9-4-5-10-17(16)24)15-21(27)26-13-8-14-29-20-12-7-6-11-19(20)26/h4-7,9-12,18H,8,13-15H2,1-3H3,(H,25,28)/t18-/m0/s1. The number of hydrogen-bond acceptors (Lipinski definition) is 4. The maximum Gasteiger partial charge on any atom is 0.408 e. The molecule has 2 aromatic carbocycles. The highest BCUT2D eigenvalue weighted by Gasteiger charge is 2.28. The van der Waals surface area contributed by atoms with Crippen molar-refractivity contribution >= 4 is 33.6 Å². The molecule has 0 spiro atoms. The predicted molar refractivity (Wildman–Crippen MR) is 120 cm³/mol. The van der Waals surface area contributed by atoms with Crippen molar-refractivity contribution in [1.82, 2.24) is 5.32 Å². The highest BCUT2D eigenvalue weighted by atomic mass is 79.9. The molecule has 30 heavy (non-hydrogen) atoms. The van der Waals surface area contributed by atoms with Gasteiger partial charge < -0.3 is 19.7 Å². The third kappa shape index (κ3) is 5.75. The number of halogens is 1. The van der Waals surface area contributed by atoms with Crippen LogP contribution >= 0.6 is 15.9 Å². The highest BCUT2D eigenvalue weighted by molar-refractivity contribution is 9.10. The summed E-state index contributed by atoms with van der Waals surface area (Å²) >= 11 is 3.54. The average molecular weight is 475 g/mol. The minimum atomic E-state index is -0.631. The molecule has 160 valence electrons. The lowest BCUT2D eigenvalue weighted by Crippen LogP contribution is -2.39. The second kappa shape index (κ2) is 9.51. The number of nitrogens with one attached hydrogen (secondary N) is 1. The van der Waals surface area contributed by atoms with E-state index in [0.29, 0.717) is 18.9 Å². The summed E-state index contributed by atoms with van der Waals surface area (Å²) in [6, 6.07) is 14.5. The van der Waals surface area contributed by atoms with Crippen LogP contribution in [-0.4, -0.2) is 30.8 Å². The Labute approximate surface area is 185 Å². The zero-order valence-electron chi connectivity index (χ0n) is 17.5. The Morgan fingerprint density at radius 2 is 1.87 bits per heavy atom. The number of carbonyl (C=O) groups is 2. The Morgan fingerprint density at radius 3 is 2.60 bits per heavy atom. The van der Waals surface area contributed by atoms with E-state index >= 15 is 0 Å². The van der Waals surface area contributed by atoms with E-state index in [2.05, 4.69) is 21.2 Å².